The Labute approximate surface area is 150 Å². The zero-order chi connectivity index (χ0) is 16.8. The summed E-state index contributed by atoms with van der Waals surface area (Å²) in [6.07, 6.45) is 6.86. The van der Waals surface area contributed by atoms with E-state index in [2.05, 4.69) is 4.90 Å². The Bertz CT molecular complexity index is 984. The lowest BCUT2D eigenvalue weighted by atomic mass is 9.97. The summed E-state index contributed by atoms with van der Waals surface area (Å²) in [5.41, 5.74) is 2.29. The van der Waals surface area contributed by atoms with Gasteiger partial charge < -0.3 is 4.90 Å². The van der Waals surface area contributed by atoms with Crippen LogP contribution < -0.4 is 10.5 Å². The molecule has 5 rings (SSSR count). The zero-order valence-electron chi connectivity index (χ0n) is 14.2. The number of hydrogen-bond acceptors (Lipinski definition) is 4. The molecule has 1 aromatic carbocycles. The minimum Gasteiger partial charge on any atom is -0.342 e. The maximum Gasteiger partial charge on any atom is 0.268 e. The fourth-order valence-corrected chi connectivity index (χ4v) is 5.38. The molecule has 0 spiro atoms. The Morgan fingerprint density at radius 2 is 1.72 bits per heavy atom. The minimum atomic E-state index is 0.109. The van der Waals surface area contributed by atoms with Crippen LogP contribution in [0.3, 0.4) is 0 Å². The second-order valence-electron chi connectivity index (χ2n) is 6.97. The van der Waals surface area contributed by atoms with Gasteiger partial charge in [0.15, 0.2) is 0 Å². The Kier molecular flexibility index (Phi) is 3.63. The molecule has 2 aliphatic rings. The van der Waals surface area contributed by atoms with Gasteiger partial charge in [0.05, 0.1) is 11.1 Å². The van der Waals surface area contributed by atoms with Gasteiger partial charge in [0.1, 0.15) is 4.83 Å². The van der Waals surface area contributed by atoms with Gasteiger partial charge in [-0.25, -0.2) is 9.55 Å². The van der Waals surface area contributed by atoms with E-state index in [4.69, 9.17) is 4.98 Å². The van der Waals surface area contributed by atoms with Crippen molar-refractivity contribution in [3.05, 3.63) is 51.1 Å². The molecule has 1 fully saturated rings. The summed E-state index contributed by atoms with van der Waals surface area (Å²) >= 11 is 1.74. The van der Waals surface area contributed by atoms with Gasteiger partial charge in [0, 0.05) is 18.0 Å². The molecule has 4 nitrogen and oxygen atoms in total. The van der Waals surface area contributed by atoms with Gasteiger partial charge in [-0.2, -0.15) is 0 Å². The highest BCUT2D eigenvalue weighted by atomic mass is 32.1. The molecule has 0 atom stereocenters. The van der Waals surface area contributed by atoms with Crippen molar-refractivity contribution in [3.63, 3.8) is 0 Å². The number of hydrogen-bond donors (Lipinski definition) is 0. The molecule has 128 valence electrons. The molecule has 1 aliphatic carbocycles. The predicted octanol–water partition coefficient (Wildman–Crippen LogP) is 3.93. The predicted molar refractivity (Wildman–Crippen MR) is 103 cm³/mol. The lowest BCUT2D eigenvalue weighted by Crippen LogP contribution is -2.30. The monoisotopic (exact) mass is 351 g/mol. The van der Waals surface area contributed by atoms with Gasteiger partial charge in [-0.05, 0) is 56.2 Å². The maximum absolute atomic E-state index is 13.5. The first-order chi connectivity index (χ1) is 12.3. The fraction of sp³-hybridized carbons (Fsp3) is 0.400. The van der Waals surface area contributed by atoms with Crippen molar-refractivity contribution in [2.24, 2.45) is 0 Å². The highest BCUT2D eigenvalue weighted by molar-refractivity contribution is 7.18. The van der Waals surface area contributed by atoms with Crippen molar-refractivity contribution in [1.29, 1.82) is 0 Å². The average Bonchev–Trinajstić information content (AvgIpc) is 3.30. The molecular formula is C20H21N3OS. The number of benzene rings is 1. The van der Waals surface area contributed by atoms with E-state index < -0.39 is 0 Å². The molecule has 1 aliphatic heterocycles. The van der Waals surface area contributed by atoms with Crippen LogP contribution in [-0.4, -0.2) is 22.6 Å². The first-order valence-electron chi connectivity index (χ1n) is 9.20. The van der Waals surface area contributed by atoms with Gasteiger partial charge in [-0.15, -0.1) is 11.3 Å². The van der Waals surface area contributed by atoms with Crippen LogP contribution in [0, 0.1) is 0 Å². The number of fused-ring (bicyclic) bond motifs is 3. The Hall–Kier alpha value is -2.14. The third kappa shape index (κ3) is 2.41. The van der Waals surface area contributed by atoms with Crippen molar-refractivity contribution in [2.75, 3.05) is 18.0 Å². The molecule has 0 N–H and O–H groups in total. The van der Waals surface area contributed by atoms with Crippen molar-refractivity contribution in [2.45, 2.75) is 38.5 Å². The molecule has 5 heteroatoms. The molecule has 25 heavy (non-hydrogen) atoms. The molecule has 3 aromatic rings. The van der Waals surface area contributed by atoms with Crippen LogP contribution in [0.4, 0.5) is 5.95 Å². The van der Waals surface area contributed by atoms with E-state index in [9.17, 15) is 4.79 Å². The first-order valence-corrected chi connectivity index (χ1v) is 10.0. The molecule has 0 radical (unpaired) electrons. The van der Waals surface area contributed by atoms with Crippen molar-refractivity contribution in [1.82, 2.24) is 9.55 Å². The number of aryl methyl sites for hydroxylation is 2. The smallest absolute Gasteiger partial charge is 0.268 e. The topological polar surface area (TPSA) is 38.1 Å². The summed E-state index contributed by atoms with van der Waals surface area (Å²) in [6, 6.07) is 9.98. The zero-order valence-corrected chi connectivity index (χ0v) is 15.0. The lowest BCUT2D eigenvalue weighted by molar-refractivity contribution is 0.699. The van der Waals surface area contributed by atoms with Gasteiger partial charge in [-0.3, -0.25) is 4.79 Å². The number of aromatic nitrogens is 2. The van der Waals surface area contributed by atoms with E-state index in [1.807, 2.05) is 34.9 Å². The molecule has 0 bridgehead atoms. The molecule has 1 saturated heterocycles. The highest BCUT2D eigenvalue weighted by Gasteiger charge is 2.25. The summed E-state index contributed by atoms with van der Waals surface area (Å²) < 4.78 is 1.84. The average molecular weight is 351 g/mol. The SMILES string of the molecule is O=c1c2c3c(sc2nc(N2CCCC2)n1-c1ccccc1)CCCC3. The number of anilines is 1. The Morgan fingerprint density at radius 3 is 2.52 bits per heavy atom. The van der Waals surface area contributed by atoms with Crippen LogP contribution in [0.15, 0.2) is 35.1 Å². The third-order valence-corrected chi connectivity index (χ3v) is 6.56. The van der Waals surface area contributed by atoms with Gasteiger partial charge >= 0.3 is 0 Å². The third-order valence-electron chi connectivity index (χ3n) is 5.37. The van der Waals surface area contributed by atoms with E-state index in [0.717, 1.165) is 47.8 Å². The van der Waals surface area contributed by atoms with Crippen LogP contribution in [0.1, 0.15) is 36.1 Å². The maximum atomic E-state index is 13.5. The fourth-order valence-electron chi connectivity index (χ4n) is 4.13. The second kappa shape index (κ2) is 5.99. The normalized spacial score (nSPS) is 17.2. The minimum absolute atomic E-state index is 0.109. The van der Waals surface area contributed by atoms with Crippen LogP contribution in [0.5, 0.6) is 0 Å². The van der Waals surface area contributed by atoms with E-state index in [-0.39, 0.29) is 5.56 Å². The molecule has 0 saturated carbocycles. The summed E-state index contributed by atoms with van der Waals surface area (Å²) in [5, 5.41) is 0.867. The van der Waals surface area contributed by atoms with E-state index in [1.54, 1.807) is 11.3 Å². The highest BCUT2D eigenvalue weighted by Crippen LogP contribution is 2.35. The van der Waals surface area contributed by atoms with Gasteiger partial charge in [0.2, 0.25) is 5.95 Å². The van der Waals surface area contributed by atoms with Crippen LogP contribution in [0.2, 0.25) is 0 Å². The van der Waals surface area contributed by atoms with Crippen LogP contribution in [0.25, 0.3) is 15.9 Å². The number of para-hydroxylation sites is 1. The van der Waals surface area contributed by atoms with Crippen LogP contribution in [-0.2, 0) is 12.8 Å². The van der Waals surface area contributed by atoms with Crippen molar-refractivity contribution < 1.29 is 0 Å². The van der Waals surface area contributed by atoms with E-state index in [1.165, 1.54) is 36.1 Å². The largest absolute Gasteiger partial charge is 0.342 e. The molecule has 2 aromatic heterocycles. The molecule has 3 heterocycles. The van der Waals surface area contributed by atoms with E-state index in [0.29, 0.717) is 0 Å². The standard InChI is InChI=1S/C20H21N3OS/c24-19-17-15-10-4-5-11-16(15)25-18(17)21-20(22-12-6-7-13-22)23(19)14-8-2-1-3-9-14/h1-3,8-9H,4-7,10-13H2. The van der Waals surface area contributed by atoms with Crippen LogP contribution >= 0.6 is 11.3 Å². The Morgan fingerprint density at radius 1 is 0.960 bits per heavy atom. The molecular weight excluding hydrogens is 330 g/mol. The summed E-state index contributed by atoms with van der Waals surface area (Å²) in [6.45, 7) is 1.96. The number of nitrogens with zero attached hydrogens (tertiary/aromatic N) is 3. The number of thiophene rings is 1. The summed E-state index contributed by atoms with van der Waals surface area (Å²) in [4.78, 5) is 23.1. The second-order valence-corrected chi connectivity index (χ2v) is 8.06. The lowest BCUT2D eigenvalue weighted by Gasteiger charge is -2.21. The molecule has 0 amide bonds. The van der Waals surface area contributed by atoms with Crippen molar-refractivity contribution in [3.8, 4) is 5.69 Å². The quantitative estimate of drug-likeness (QED) is 0.702. The van der Waals surface area contributed by atoms with E-state index >= 15 is 0 Å². The Balaban J connectivity index is 1.83. The summed E-state index contributed by atoms with van der Waals surface area (Å²) in [5.74, 6) is 0.819. The van der Waals surface area contributed by atoms with Gasteiger partial charge in [-0.1, -0.05) is 18.2 Å². The van der Waals surface area contributed by atoms with Gasteiger partial charge in [0.25, 0.3) is 5.56 Å². The molecule has 0 unspecified atom stereocenters. The summed E-state index contributed by atoms with van der Waals surface area (Å²) in [7, 11) is 0. The number of rotatable bonds is 2. The first kappa shape index (κ1) is 15.1. The van der Waals surface area contributed by atoms with Crippen molar-refractivity contribution >= 4 is 27.5 Å².